The number of hydrogen-bond acceptors (Lipinski definition) is 6. The number of aryl methyl sites for hydroxylation is 3. The number of aliphatic carboxylic acids is 2. The highest BCUT2D eigenvalue weighted by Crippen LogP contribution is 2.34. The van der Waals surface area contributed by atoms with Crippen LogP contribution >= 0.6 is 0 Å². The molecule has 3 aromatic carbocycles. The van der Waals surface area contributed by atoms with Crippen molar-refractivity contribution in [3.63, 3.8) is 0 Å². The molecule has 12 heteroatoms. The van der Waals surface area contributed by atoms with E-state index in [0.29, 0.717) is 34.1 Å². The van der Waals surface area contributed by atoms with Crippen molar-refractivity contribution >= 4 is 68.6 Å². The number of aromatic amines is 3. The first-order valence-corrected chi connectivity index (χ1v) is 16.0. The van der Waals surface area contributed by atoms with E-state index in [0.717, 1.165) is 27.7 Å². The van der Waals surface area contributed by atoms with Crippen LogP contribution in [-0.4, -0.2) is 54.1 Å². The van der Waals surface area contributed by atoms with Gasteiger partial charge < -0.3 is 36.6 Å². The van der Waals surface area contributed by atoms with E-state index in [9.17, 15) is 19.7 Å². The molecule has 264 valence electrons. The van der Waals surface area contributed by atoms with E-state index in [1.807, 2.05) is 37.3 Å². The van der Waals surface area contributed by atoms with Gasteiger partial charge in [-0.05, 0) is 72.9 Å². The van der Waals surface area contributed by atoms with Gasteiger partial charge in [0.1, 0.15) is 17.6 Å². The molecule has 12 nitrogen and oxygen atoms in total. The smallest absolute Gasteiger partial charge is 0.320 e. The molecular formula is C39H42N6O6. The first-order chi connectivity index (χ1) is 24.2. The maximum absolute atomic E-state index is 11.1. The number of aromatic nitrogens is 3. The highest BCUT2D eigenvalue weighted by atomic mass is 16.6. The van der Waals surface area contributed by atoms with Gasteiger partial charge in [0.2, 0.25) is 0 Å². The topological polar surface area (TPSA) is 217 Å². The molecule has 0 spiro atoms. The van der Waals surface area contributed by atoms with Crippen LogP contribution in [0, 0.1) is 30.9 Å². The molecule has 6 aromatic rings. The SMILES string of the molecule is C=Cc1ccc([N+](=O)[O-])c2[nH]c(C)c(CC(N)C(=O)O)c12.C=Cc1cccc2[nH]c(C)c(CC(N)C(=O)O)c12.C=Cc1cccc2[nH]c(C)cc12. The van der Waals surface area contributed by atoms with Crippen molar-refractivity contribution in [3.05, 3.63) is 129 Å². The van der Waals surface area contributed by atoms with Crippen molar-refractivity contribution in [3.8, 4) is 0 Å². The number of carboxylic acids is 2. The fourth-order valence-corrected chi connectivity index (χ4v) is 6.10. The minimum Gasteiger partial charge on any atom is -0.480 e. The summed E-state index contributed by atoms with van der Waals surface area (Å²) in [4.78, 5) is 41.9. The summed E-state index contributed by atoms with van der Waals surface area (Å²) in [5.74, 6) is -2.10. The molecule has 2 unspecified atom stereocenters. The molecule has 0 aliphatic carbocycles. The van der Waals surface area contributed by atoms with Crippen LogP contribution in [0.3, 0.4) is 0 Å². The number of nitrogens with one attached hydrogen (secondary N) is 3. The molecule has 3 heterocycles. The summed E-state index contributed by atoms with van der Waals surface area (Å²) < 4.78 is 0. The number of nitrogens with zero attached hydrogens (tertiary/aromatic N) is 1. The van der Waals surface area contributed by atoms with Crippen molar-refractivity contribution in [2.24, 2.45) is 11.5 Å². The lowest BCUT2D eigenvalue weighted by Crippen LogP contribution is -2.32. The van der Waals surface area contributed by atoms with Gasteiger partial charge in [0.15, 0.2) is 0 Å². The normalized spacial score (nSPS) is 11.9. The maximum atomic E-state index is 11.1. The standard InChI is InChI=1S/C14H15N3O4.C14H16N2O2.C11H11N/c1-3-8-4-5-11(17(20)21)13-12(8)9(7(2)16-13)6-10(15)14(18)19;1-3-9-5-4-6-12-13(9)10(8(2)16-12)7-11(15)14(17)18;1-3-9-5-4-6-11-10(9)7-8(2)12-11/h3-5,10,16H,1,6,15H2,2H3,(H,18,19);3-6,11,16H,1,7,15H2,2H3,(H,17,18);3-7,12H,1H2,2H3. The van der Waals surface area contributed by atoms with Crippen molar-refractivity contribution in [1.82, 2.24) is 15.0 Å². The van der Waals surface area contributed by atoms with E-state index in [2.05, 4.69) is 59.8 Å². The molecule has 0 aliphatic heterocycles. The Labute approximate surface area is 294 Å². The van der Waals surface area contributed by atoms with Gasteiger partial charge in [0, 0.05) is 63.2 Å². The monoisotopic (exact) mass is 690 g/mol. The van der Waals surface area contributed by atoms with E-state index < -0.39 is 28.9 Å². The highest BCUT2D eigenvalue weighted by molar-refractivity contribution is 5.98. The molecule has 51 heavy (non-hydrogen) atoms. The number of nitro benzene ring substituents is 1. The maximum Gasteiger partial charge on any atom is 0.320 e. The van der Waals surface area contributed by atoms with Gasteiger partial charge >= 0.3 is 11.9 Å². The Bertz CT molecular complexity index is 2290. The van der Waals surface area contributed by atoms with Gasteiger partial charge in [0.25, 0.3) is 5.69 Å². The number of benzene rings is 3. The van der Waals surface area contributed by atoms with E-state index in [1.54, 1.807) is 25.1 Å². The third-order valence-corrected chi connectivity index (χ3v) is 8.63. The Hall–Kier alpha value is -6.24. The van der Waals surface area contributed by atoms with Crippen LogP contribution in [0.5, 0.6) is 0 Å². The predicted octanol–water partition coefficient (Wildman–Crippen LogP) is 7.17. The molecule has 0 saturated carbocycles. The third kappa shape index (κ3) is 8.15. The number of hydrogen-bond donors (Lipinski definition) is 7. The van der Waals surface area contributed by atoms with Crippen LogP contribution in [0.1, 0.15) is 44.9 Å². The van der Waals surface area contributed by atoms with Gasteiger partial charge in [-0.3, -0.25) is 19.7 Å². The zero-order valence-corrected chi connectivity index (χ0v) is 28.7. The average Bonchev–Trinajstić information content (AvgIpc) is 3.75. The Morgan fingerprint density at radius 2 is 1.27 bits per heavy atom. The van der Waals surface area contributed by atoms with Gasteiger partial charge in [-0.2, -0.15) is 0 Å². The van der Waals surface area contributed by atoms with E-state index in [1.165, 1.54) is 28.2 Å². The Balaban J connectivity index is 0.000000177. The lowest BCUT2D eigenvalue weighted by Gasteiger charge is -2.08. The molecule has 0 fully saturated rings. The molecule has 2 atom stereocenters. The number of H-pyrrole nitrogens is 3. The molecule has 3 aromatic heterocycles. The van der Waals surface area contributed by atoms with Gasteiger partial charge in [-0.1, -0.05) is 62.2 Å². The van der Waals surface area contributed by atoms with Crippen LogP contribution in [0.2, 0.25) is 0 Å². The minimum absolute atomic E-state index is 0.0613. The largest absolute Gasteiger partial charge is 0.480 e. The number of carbonyl (C=O) groups is 2. The van der Waals surface area contributed by atoms with Crippen molar-refractivity contribution in [2.75, 3.05) is 0 Å². The van der Waals surface area contributed by atoms with Crippen molar-refractivity contribution < 1.29 is 24.7 Å². The summed E-state index contributed by atoms with van der Waals surface area (Å²) in [6.45, 7) is 17.0. The number of nitrogens with two attached hydrogens (primary N) is 2. The molecule has 0 aliphatic rings. The van der Waals surface area contributed by atoms with Crippen LogP contribution in [0.15, 0.2) is 74.3 Å². The number of non-ortho nitro benzene ring substituents is 1. The molecule has 0 bridgehead atoms. The zero-order chi connectivity index (χ0) is 37.6. The molecule has 9 N–H and O–H groups in total. The fraction of sp³-hybridized carbons (Fsp3) is 0.179. The summed E-state index contributed by atoms with van der Waals surface area (Å²) in [6.07, 6.45) is 5.63. The minimum atomic E-state index is -1.12. The molecule has 0 amide bonds. The summed E-state index contributed by atoms with van der Waals surface area (Å²) in [6, 6.07) is 15.2. The zero-order valence-electron chi connectivity index (χ0n) is 28.7. The highest BCUT2D eigenvalue weighted by Gasteiger charge is 2.23. The average molecular weight is 691 g/mol. The van der Waals surface area contributed by atoms with E-state index in [4.69, 9.17) is 21.7 Å². The third-order valence-electron chi connectivity index (χ3n) is 8.63. The van der Waals surface area contributed by atoms with Crippen LogP contribution in [-0.2, 0) is 22.4 Å². The van der Waals surface area contributed by atoms with Crippen LogP contribution in [0.25, 0.3) is 50.9 Å². The van der Waals surface area contributed by atoms with E-state index in [-0.39, 0.29) is 12.1 Å². The number of nitro groups is 1. The molecule has 6 rings (SSSR count). The lowest BCUT2D eigenvalue weighted by molar-refractivity contribution is -0.383. The number of fused-ring (bicyclic) bond motifs is 3. The molecule has 0 saturated heterocycles. The van der Waals surface area contributed by atoms with Crippen molar-refractivity contribution in [2.45, 2.75) is 45.7 Å². The fourth-order valence-electron chi connectivity index (χ4n) is 6.10. The summed E-state index contributed by atoms with van der Waals surface area (Å²) in [7, 11) is 0. The van der Waals surface area contributed by atoms with Crippen molar-refractivity contribution in [1.29, 1.82) is 0 Å². The number of carboxylic acid groups (broad SMARTS) is 2. The lowest BCUT2D eigenvalue weighted by atomic mass is 9.99. The first kappa shape index (κ1) is 37.6. The summed E-state index contributed by atoms with van der Waals surface area (Å²) in [5.41, 5.74) is 21.0. The van der Waals surface area contributed by atoms with Gasteiger partial charge in [-0.15, -0.1) is 0 Å². The first-order valence-electron chi connectivity index (χ1n) is 16.0. The van der Waals surface area contributed by atoms with Gasteiger partial charge in [0.05, 0.1) is 4.92 Å². The quantitative estimate of drug-likeness (QED) is 0.0576. The second-order valence-electron chi connectivity index (χ2n) is 12.1. The summed E-state index contributed by atoms with van der Waals surface area (Å²) >= 11 is 0. The van der Waals surface area contributed by atoms with Crippen LogP contribution in [0.4, 0.5) is 5.69 Å². The molecular weight excluding hydrogens is 648 g/mol. The van der Waals surface area contributed by atoms with E-state index >= 15 is 0 Å². The Morgan fingerprint density at radius 3 is 1.82 bits per heavy atom. The summed E-state index contributed by atoms with van der Waals surface area (Å²) in [5, 5.41) is 31.8. The van der Waals surface area contributed by atoms with Crippen LogP contribution < -0.4 is 11.5 Å². The molecule has 0 radical (unpaired) electrons. The van der Waals surface area contributed by atoms with Gasteiger partial charge in [-0.25, -0.2) is 0 Å². The number of rotatable bonds is 10. The second-order valence-corrected chi connectivity index (χ2v) is 12.1. The Kier molecular flexibility index (Phi) is 11.8. The second kappa shape index (κ2) is 16.0. The predicted molar refractivity (Wildman–Crippen MR) is 205 cm³/mol. The Morgan fingerprint density at radius 1 is 0.765 bits per heavy atom.